The lowest BCUT2D eigenvalue weighted by molar-refractivity contribution is 0.478. The van der Waals surface area contributed by atoms with Crippen LogP contribution in [0.15, 0.2) is 138 Å². The Morgan fingerprint density at radius 3 is 1.43 bits per heavy atom. The van der Waals surface area contributed by atoms with Crippen LogP contribution < -0.4 is 9.80 Å². The van der Waals surface area contributed by atoms with Crippen LogP contribution in [0.25, 0.3) is 6.08 Å². The van der Waals surface area contributed by atoms with Gasteiger partial charge in [0.15, 0.2) is 0 Å². The first-order valence-corrected chi connectivity index (χ1v) is 21.9. The Kier molecular flexibility index (Phi) is 9.98. The molecule has 2 atom stereocenters. The van der Waals surface area contributed by atoms with Gasteiger partial charge in [-0.15, -0.1) is 0 Å². The van der Waals surface area contributed by atoms with E-state index in [0.29, 0.717) is 11.8 Å². The lowest BCUT2D eigenvalue weighted by Gasteiger charge is -2.43. The Labute approximate surface area is 350 Å². The first kappa shape index (κ1) is 40.0. The molecule has 0 spiro atoms. The number of benzene rings is 4. The maximum absolute atomic E-state index is 2.62. The molecule has 0 saturated heterocycles. The predicted molar refractivity (Wildman–Crippen MR) is 251 cm³/mol. The van der Waals surface area contributed by atoms with Crippen molar-refractivity contribution in [1.29, 1.82) is 0 Å². The maximum atomic E-state index is 2.62. The third kappa shape index (κ3) is 7.49. The van der Waals surface area contributed by atoms with Crippen molar-refractivity contribution in [2.45, 2.75) is 131 Å². The molecule has 58 heavy (non-hydrogen) atoms. The maximum Gasteiger partial charge on any atom is 0.0537 e. The van der Waals surface area contributed by atoms with Crippen molar-refractivity contribution >= 4 is 28.8 Å². The van der Waals surface area contributed by atoms with Crippen LogP contribution in [-0.4, -0.2) is 0 Å². The molecule has 4 aliphatic carbocycles. The molecular formula is C56H66N2. The van der Waals surface area contributed by atoms with E-state index in [2.05, 4.69) is 214 Å². The van der Waals surface area contributed by atoms with Gasteiger partial charge in [-0.2, -0.15) is 0 Å². The minimum atomic E-state index is 0.0869. The topological polar surface area (TPSA) is 6.48 Å². The first-order chi connectivity index (χ1) is 27.3. The molecule has 0 radical (unpaired) electrons. The second-order valence-corrected chi connectivity index (χ2v) is 21.4. The molecule has 0 N–H and O–H groups in total. The van der Waals surface area contributed by atoms with Gasteiger partial charge in [0.05, 0.1) is 5.69 Å². The third-order valence-electron chi connectivity index (χ3n) is 13.2. The van der Waals surface area contributed by atoms with Crippen LogP contribution in [0.3, 0.4) is 0 Å². The average molecular weight is 767 g/mol. The van der Waals surface area contributed by atoms with Crippen molar-refractivity contribution in [2.75, 3.05) is 9.80 Å². The largest absolute Gasteiger partial charge is 0.314 e. The first-order valence-electron chi connectivity index (χ1n) is 21.9. The summed E-state index contributed by atoms with van der Waals surface area (Å²) in [6, 6.07) is 32.9. The second kappa shape index (κ2) is 14.5. The minimum Gasteiger partial charge on any atom is -0.314 e. The number of nitrogens with zero attached hydrogens (tertiary/aromatic N) is 2. The summed E-state index contributed by atoms with van der Waals surface area (Å²) in [5, 5.41) is 0. The molecule has 0 heterocycles. The fourth-order valence-corrected chi connectivity index (χ4v) is 9.61. The summed E-state index contributed by atoms with van der Waals surface area (Å²) in [6.07, 6.45) is 19.0. The van der Waals surface area contributed by atoms with Crippen LogP contribution in [0.2, 0.25) is 0 Å². The quantitative estimate of drug-likeness (QED) is 0.193. The number of hydrogen-bond donors (Lipinski definition) is 0. The molecule has 2 heteroatoms. The van der Waals surface area contributed by atoms with Crippen LogP contribution >= 0.6 is 0 Å². The van der Waals surface area contributed by atoms with Gasteiger partial charge in [0.2, 0.25) is 0 Å². The van der Waals surface area contributed by atoms with Crippen molar-refractivity contribution < 1.29 is 0 Å². The average Bonchev–Trinajstić information content (AvgIpc) is 3.17. The number of rotatable bonds is 6. The molecule has 300 valence electrons. The van der Waals surface area contributed by atoms with Gasteiger partial charge in [-0.25, -0.2) is 0 Å². The molecule has 0 aromatic heterocycles. The molecule has 0 amide bonds. The van der Waals surface area contributed by atoms with Crippen molar-refractivity contribution in [1.82, 2.24) is 0 Å². The second-order valence-electron chi connectivity index (χ2n) is 21.4. The summed E-state index contributed by atoms with van der Waals surface area (Å²) in [4.78, 5) is 5.13. The molecule has 4 aromatic rings. The van der Waals surface area contributed by atoms with Gasteiger partial charge in [0, 0.05) is 45.9 Å². The summed E-state index contributed by atoms with van der Waals surface area (Å²) >= 11 is 0. The lowest BCUT2D eigenvalue weighted by Crippen LogP contribution is -2.32. The van der Waals surface area contributed by atoms with Crippen molar-refractivity contribution in [3.05, 3.63) is 171 Å². The Balaban J connectivity index is 1.28. The Morgan fingerprint density at radius 2 is 0.966 bits per heavy atom. The van der Waals surface area contributed by atoms with E-state index in [4.69, 9.17) is 0 Å². The van der Waals surface area contributed by atoms with E-state index in [1.54, 1.807) is 5.57 Å². The monoisotopic (exact) mass is 767 g/mol. The van der Waals surface area contributed by atoms with Crippen molar-refractivity contribution in [2.24, 2.45) is 11.3 Å². The molecule has 0 fully saturated rings. The zero-order chi connectivity index (χ0) is 41.4. The highest BCUT2D eigenvalue weighted by molar-refractivity contribution is 5.86. The molecule has 4 aliphatic rings. The molecule has 0 bridgehead atoms. The van der Waals surface area contributed by atoms with E-state index < -0.39 is 0 Å². The zero-order valence-corrected chi connectivity index (χ0v) is 37.4. The number of anilines is 4. The number of hydrogen-bond acceptors (Lipinski definition) is 2. The van der Waals surface area contributed by atoms with E-state index in [0.717, 1.165) is 25.7 Å². The van der Waals surface area contributed by atoms with Gasteiger partial charge in [-0.1, -0.05) is 155 Å². The Hall–Kier alpha value is -4.82. The number of allylic oxidation sites excluding steroid dienone is 8. The summed E-state index contributed by atoms with van der Waals surface area (Å²) in [5.41, 5.74) is 19.6. The standard InChI is InChI=1S/C56H66N2/c1-53(2,3)39-17-25-43(26-18-39)57(44-27-19-40(20-28-44)54(4,5)6)49-35-15-37-14-34-48-50(36-16-38-13-33-47(49)51(37)52(38)48)58(45-29-21-41(22-30-45)55(7,8)9)46-31-23-42(24-32-46)56(10,11)12/h13,15-23,25-31,33,35-36,38,52H,14,24,32,34H2,1-12H3. The smallest absolute Gasteiger partial charge is 0.0537 e. The molecule has 4 aromatic carbocycles. The van der Waals surface area contributed by atoms with Gasteiger partial charge >= 0.3 is 0 Å². The number of aryl methyl sites for hydroxylation is 1. The summed E-state index contributed by atoms with van der Waals surface area (Å²) in [5.74, 6) is 0.641. The zero-order valence-electron chi connectivity index (χ0n) is 37.4. The van der Waals surface area contributed by atoms with Crippen molar-refractivity contribution in [3.63, 3.8) is 0 Å². The Bertz CT molecular complexity index is 2290. The van der Waals surface area contributed by atoms with Crippen molar-refractivity contribution in [3.8, 4) is 0 Å². The van der Waals surface area contributed by atoms with Gasteiger partial charge in [0.1, 0.15) is 0 Å². The molecule has 0 aliphatic heterocycles. The highest BCUT2D eigenvalue weighted by Gasteiger charge is 2.40. The van der Waals surface area contributed by atoms with E-state index in [1.807, 2.05) is 0 Å². The highest BCUT2D eigenvalue weighted by atomic mass is 15.2. The molecule has 2 unspecified atom stereocenters. The van der Waals surface area contributed by atoms with Gasteiger partial charge in [-0.3, -0.25) is 0 Å². The molecular weight excluding hydrogens is 701 g/mol. The van der Waals surface area contributed by atoms with Gasteiger partial charge < -0.3 is 9.80 Å². The summed E-state index contributed by atoms with van der Waals surface area (Å²) in [7, 11) is 0. The normalized spacial score (nSPS) is 19.1. The van der Waals surface area contributed by atoms with E-state index >= 15 is 0 Å². The van der Waals surface area contributed by atoms with Crippen LogP contribution in [0, 0.1) is 11.3 Å². The SMILES string of the molecule is CC(C)(C)C1=CC=C(N(C2=C3CCc4ccc(N(c5ccc(C(C)(C)C)cc5)c5ccc(C(C)(C)C)cc5)c5c4C3C(C=C2)C=C5)c2ccc(C(C)(C)C)cc2)CC1. The fourth-order valence-electron chi connectivity index (χ4n) is 9.61. The molecule has 0 saturated carbocycles. The van der Waals surface area contributed by atoms with E-state index in [1.165, 1.54) is 73.1 Å². The van der Waals surface area contributed by atoms with Crippen LogP contribution in [0.4, 0.5) is 22.7 Å². The highest BCUT2D eigenvalue weighted by Crippen LogP contribution is 2.54. The van der Waals surface area contributed by atoms with Crippen LogP contribution in [-0.2, 0) is 22.7 Å². The van der Waals surface area contributed by atoms with Gasteiger partial charge in [0.25, 0.3) is 0 Å². The van der Waals surface area contributed by atoms with Crippen LogP contribution in [0.1, 0.15) is 142 Å². The van der Waals surface area contributed by atoms with Gasteiger partial charge in [-0.05, 0) is 135 Å². The predicted octanol–water partition coefficient (Wildman–Crippen LogP) is 15.7. The molecule has 2 nitrogen and oxygen atoms in total. The summed E-state index contributed by atoms with van der Waals surface area (Å²) < 4.78 is 0. The fraction of sp³-hybridized carbons (Fsp3) is 0.393. The van der Waals surface area contributed by atoms with E-state index in [-0.39, 0.29) is 21.7 Å². The summed E-state index contributed by atoms with van der Waals surface area (Å²) in [6.45, 7) is 27.7. The molecule has 8 rings (SSSR count). The lowest BCUT2D eigenvalue weighted by atomic mass is 9.65. The van der Waals surface area contributed by atoms with Crippen LogP contribution in [0.5, 0.6) is 0 Å². The van der Waals surface area contributed by atoms with E-state index in [9.17, 15) is 0 Å². The Morgan fingerprint density at radius 1 is 0.466 bits per heavy atom. The third-order valence-corrected chi connectivity index (χ3v) is 13.2. The minimum absolute atomic E-state index is 0.0869.